The number of aromatic amines is 1. The molecule has 0 saturated heterocycles. The Labute approximate surface area is 177 Å². The third kappa shape index (κ3) is 4.20. The van der Waals surface area contributed by atoms with Gasteiger partial charge in [-0.1, -0.05) is 66.7 Å². The largest absolute Gasteiger partial charge is 0.328 e. The van der Waals surface area contributed by atoms with Crippen molar-refractivity contribution < 1.29 is 22.6 Å². The molecule has 0 aliphatic heterocycles. The number of nitrogens with zero attached hydrogens (tertiary/aromatic N) is 1. The van der Waals surface area contributed by atoms with Crippen LogP contribution in [0, 0.1) is 0 Å². The van der Waals surface area contributed by atoms with Gasteiger partial charge in [-0.15, -0.1) is 0 Å². The lowest BCUT2D eigenvalue weighted by molar-refractivity contribution is 0.0994. The summed E-state index contributed by atoms with van der Waals surface area (Å²) in [6, 6.07) is 21.7. The minimum absolute atomic E-state index is 0.0924. The van der Waals surface area contributed by atoms with Crippen molar-refractivity contribution in [3.05, 3.63) is 96.1 Å². The van der Waals surface area contributed by atoms with Crippen molar-refractivity contribution in [2.24, 2.45) is 0 Å². The van der Waals surface area contributed by atoms with E-state index in [1.165, 1.54) is 12.2 Å². The number of nitrogens with one attached hydrogen (secondary N) is 1. The van der Waals surface area contributed by atoms with Gasteiger partial charge in [0, 0.05) is 16.7 Å². The van der Waals surface area contributed by atoms with Crippen LogP contribution >= 0.6 is 0 Å². The number of benzene rings is 3. The smallest absolute Gasteiger partial charge is 0.327 e. The van der Waals surface area contributed by atoms with Gasteiger partial charge in [0.1, 0.15) is 0 Å². The summed E-state index contributed by atoms with van der Waals surface area (Å²) in [6.07, 6.45) is 2.62. The third-order valence-electron chi connectivity index (χ3n) is 4.66. The van der Waals surface area contributed by atoms with Crippen molar-refractivity contribution in [1.82, 2.24) is 9.97 Å². The van der Waals surface area contributed by atoms with Crippen LogP contribution in [0.4, 0.5) is 0 Å². The summed E-state index contributed by atoms with van der Waals surface area (Å²) in [7, 11) is -4.33. The van der Waals surface area contributed by atoms with Crippen molar-refractivity contribution in [2.75, 3.05) is 0 Å². The first-order chi connectivity index (χ1) is 14.8. The van der Waals surface area contributed by atoms with Crippen molar-refractivity contribution in [3.8, 4) is 11.1 Å². The Morgan fingerprint density at radius 2 is 1.26 bits per heavy atom. The summed E-state index contributed by atoms with van der Waals surface area (Å²) in [5.74, 6) is -0.185. The van der Waals surface area contributed by atoms with Crippen LogP contribution in [0.1, 0.15) is 20.7 Å². The number of rotatable bonds is 2. The predicted octanol–water partition coefficient (Wildman–Crippen LogP) is 4.10. The van der Waals surface area contributed by atoms with E-state index in [2.05, 4.69) is 9.97 Å². The highest BCUT2D eigenvalue weighted by molar-refractivity contribution is 7.85. The summed E-state index contributed by atoms with van der Waals surface area (Å²) in [5.41, 5.74) is 3.83. The van der Waals surface area contributed by atoms with Gasteiger partial charge < -0.3 is 4.98 Å². The molecular formula is C23H16N2O5S. The molecule has 0 unspecified atom stereocenters. The molecule has 154 valence electrons. The topological polar surface area (TPSA) is 117 Å². The molecule has 0 saturated carbocycles. The van der Waals surface area contributed by atoms with Crippen LogP contribution in [0.2, 0.25) is 0 Å². The second kappa shape index (κ2) is 8.10. The van der Waals surface area contributed by atoms with Crippen molar-refractivity contribution in [1.29, 1.82) is 0 Å². The number of H-pyrrole nitrogens is 1. The summed E-state index contributed by atoms with van der Waals surface area (Å²) in [5, 5.41) is -0.439. The number of hydrogen-bond donors (Lipinski definition) is 2. The minimum atomic E-state index is -4.33. The van der Waals surface area contributed by atoms with Gasteiger partial charge in [0.2, 0.25) is 0 Å². The first kappa shape index (κ1) is 20.4. The molecule has 3 aromatic carbocycles. The van der Waals surface area contributed by atoms with E-state index in [0.717, 1.165) is 11.1 Å². The Morgan fingerprint density at radius 1 is 0.710 bits per heavy atom. The van der Waals surface area contributed by atoms with Crippen LogP contribution in [0.25, 0.3) is 22.2 Å². The van der Waals surface area contributed by atoms with Crippen molar-refractivity contribution in [3.63, 3.8) is 0 Å². The van der Waals surface area contributed by atoms with E-state index in [0.29, 0.717) is 22.2 Å². The standard InChI is InChI=1S/C13H10N2O3S.C10H6O2/c16-19(17,18)13-14-11-8-4-7-10(12(11)15-13)9-5-2-1-3-6-9;11-9-5-6-10(12)8-4-2-1-3-7(8)9/h1-8H,(H,14,15)(H,16,17,18);1-6H. The zero-order chi connectivity index (χ0) is 22.0. The monoisotopic (exact) mass is 432 g/mol. The van der Waals surface area contributed by atoms with Crippen LogP contribution in [0.3, 0.4) is 0 Å². The molecule has 31 heavy (non-hydrogen) atoms. The average Bonchev–Trinajstić information content (AvgIpc) is 3.23. The van der Waals surface area contributed by atoms with Gasteiger partial charge in [0.25, 0.3) is 5.16 Å². The fourth-order valence-electron chi connectivity index (χ4n) is 3.23. The lowest BCUT2D eigenvalue weighted by atomic mass is 9.95. The fraction of sp³-hybridized carbons (Fsp3) is 0. The lowest BCUT2D eigenvalue weighted by Crippen LogP contribution is -2.10. The van der Waals surface area contributed by atoms with E-state index >= 15 is 0 Å². The third-order valence-corrected chi connectivity index (χ3v) is 5.35. The zero-order valence-corrected chi connectivity index (χ0v) is 16.8. The van der Waals surface area contributed by atoms with Gasteiger partial charge in [0.05, 0.1) is 11.0 Å². The Bertz CT molecular complexity index is 1400. The maximum absolute atomic E-state index is 11.2. The summed E-state index contributed by atoms with van der Waals surface area (Å²) in [4.78, 5) is 28.9. The van der Waals surface area contributed by atoms with Crippen LogP contribution in [-0.2, 0) is 10.1 Å². The highest BCUT2D eigenvalue weighted by Crippen LogP contribution is 2.27. The number of hydrogen-bond acceptors (Lipinski definition) is 5. The molecule has 4 aromatic rings. The second-order valence-electron chi connectivity index (χ2n) is 6.69. The first-order valence-corrected chi connectivity index (χ1v) is 10.7. The Morgan fingerprint density at radius 3 is 1.84 bits per heavy atom. The summed E-state index contributed by atoms with van der Waals surface area (Å²) in [6.45, 7) is 0. The number of carbonyl (C=O) groups excluding carboxylic acids is 2. The molecule has 8 heteroatoms. The molecule has 0 radical (unpaired) electrons. The van der Waals surface area contributed by atoms with E-state index in [9.17, 15) is 18.0 Å². The molecule has 7 nitrogen and oxygen atoms in total. The van der Waals surface area contributed by atoms with Gasteiger partial charge in [0.15, 0.2) is 11.6 Å². The number of imidazole rings is 1. The number of carbonyl (C=O) groups is 2. The zero-order valence-electron chi connectivity index (χ0n) is 16.0. The Kier molecular flexibility index (Phi) is 5.33. The number of allylic oxidation sites excluding steroid dienone is 2. The number of aromatic nitrogens is 2. The number of fused-ring (bicyclic) bond motifs is 2. The Balaban J connectivity index is 0.000000166. The second-order valence-corrected chi connectivity index (χ2v) is 8.03. The van der Waals surface area contributed by atoms with E-state index in [1.54, 1.807) is 36.4 Å². The molecule has 1 aliphatic carbocycles. The molecule has 0 bridgehead atoms. The van der Waals surface area contributed by atoms with Crippen molar-refractivity contribution in [2.45, 2.75) is 5.16 Å². The summed E-state index contributed by atoms with van der Waals surface area (Å²) >= 11 is 0. The maximum atomic E-state index is 11.2. The SMILES string of the molecule is O=C1C=CC(=O)c2ccccc21.O=S(=O)(O)c1nc2c(-c3ccccc3)cccc2[nH]1. The average molecular weight is 432 g/mol. The van der Waals surface area contributed by atoms with Gasteiger partial charge in [-0.05, 0) is 23.8 Å². The van der Waals surface area contributed by atoms with Crippen molar-refractivity contribution >= 4 is 32.7 Å². The molecule has 0 amide bonds. The molecule has 0 fully saturated rings. The molecule has 2 N–H and O–H groups in total. The van der Waals surface area contributed by atoms with Gasteiger partial charge >= 0.3 is 10.1 Å². The molecule has 0 spiro atoms. The van der Waals surface area contributed by atoms with E-state index in [4.69, 9.17) is 4.55 Å². The fourth-order valence-corrected chi connectivity index (χ4v) is 3.67. The lowest BCUT2D eigenvalue weighted by Gasteiger charge is -2.06. The van der Waals surface area contributed by atoms with Gasteiger partial charge in [-0.3, -0.25) is 14.1 Å². The van der Waals surface area contributed by atoms with Gasteiger partial charge in [-0.2, -0.15) is 8.42 Å². The molecular weight excluding hydrogens is 416 g/mol. The quantitative estimate of drug-likeness (QED) is 0.461. The van der Waals surface area contributed by atoms with E-state index in [-0.39, 0.29) is 11.6 Å². The van der Waals surface area contributed by atoms with Crippen LogP contribution in [0.5, 0.6) is 0 Å². The van der Waals surface area contributed by atoms with Crippen LogP contribution in [0.15, 0.2) is 90.1 Å². The molecule has 1 aliphatic rings. The molecule has 5 rings (SSSR count). The predicted molar refractivity (Wildman–Crippen MR) is 116 cm³/mol. The Hall–Kier alpha value is -3.88. The highest BCUT2D eigenvalue weighted by atomic mass is 32.2. The van der Waals surface area contributed by atoms with E-state index in [1.807, 2.05) is 36.4 Å². The highest BCUT2D eigenvalue weighted by Gasteiger charge is 2.18. The van der Waals surface area contributed by atoms with Gasteiger partial charge in [-0.25, -0.2) is 4.98 Å². The number of para-hydroxylation sites is 1. The molecule has 1 heterocycles. The molecule has 1 aromatic heterocycles. The first-order valence-electron chi connectivity index (χ1n) is 9.22. The minimum Gasteiger partial charge on any atom is -0.327 e. The summed E-state index contributed by atoms with van der Waals surface area (Å²) < 4.78 is 31.3. The normalized spacial score (nSPS) is 12.9. The van der Waals surface area contributed by atoms with Crippen LogP contribution < -0.4 is 0 Å². The molecule has 0 atom stereocenters. The number of ketones is 2. The van der Waals surface area contributed by atoms with E-state index < -0.39 is 15.3 Å². The maximum Gasteiger partial charge on any atom is 0.328 e. The van der Waals surface area contributed by atoms with Crippen LogP contribution in [-0.4, -0.2) is 34.5 Å².